The van der Waals surface area contributed by atoms with Gasteiger partial charge in [-0.25, -0.2) is 4.98 Å². The molecule has 0 unspecified atom stereocenters. The Morgan fingerprint density at radius 1 is 1.12 bits per heavy atom. The minimum absolute atomic E-state index is 0.526. The third-order valence-corrected chi connectivity index (χ3v) is 4.98. The number of benzene rings is 2. The molecule has 0 saturated heterocycles. The highest BCUT2D eigenvalue weighted by molar-refractivity contribution is 7.14. The molecule has 0 radical (unpaired) electrons. The van der Waals surface area contributed by atoms with Gasteiger partial charge in [0.2, 0.25) is 5.13 Å². The minimum Gasteiger partial charge on any atom is -0.253 e. The Balaban J connectivity index is 1.67. The topological polar surface area (TPSA) is 37.3 Å². The van der Waals surface area contributed by atoms with Crippen LogP contribution in [-0.4, -0.2) is 11.2 Å². The first kappa shape index (κ1) is 17.9. The average molecular weight is 390 g/mol. The minimum atomic E-state index is 0.526. The molecule has 1 N–H and O–H groups in total. The highest BCUT2D eigenvalue weighted by atomic mass is 35.5. The van der Waals surface area contributed by atoms with Crippen LogP contribution in [0.5, 0.6) is 0 Å². The number of rotatable bonds is 5. The summed E-state index contributed by atoms with van der Waals surface area (Å²) in [5, 5.41) is 8.08. The molecule has 0 aliphatic rings. The third kappa shape index (κ3) is 4.60. The first-order valence-electron chi connectivity index (χ1n) is 7.83. The molecule has 1 heterocycles. The van der Waals surface area contributed by atoms with Gasteiger partial charge >= 0.3 is 0 Å². The van der Waals surface area contributed by atoms with Crippen LogP contribution in [0.15, 0.2) is 52.9 Å². The lowest BCUT2D eigenvalue weighted by Crippen LogP contribution is -1.92. The van der Waals surface area contributed by atoms with E-state index in [4.69, 9.17) is 23.2 Å². The number of nitrogens with zero attached hydrogens (tertiary/aromatic N) is 2. The van der Waals surface area contributed by atoms with Gasteiger partial charge in [-0.3, -0.25) is 5.43 Å². The van der Waals surface area contributed by atoms with Gasteiger partial charge in [-0.15, -0.1) is 11.3 Å². The van der Waals surface area contributed by atoms with Crippen molar-refractivity contribution in [1.29, 1.82) is 0 Å². The van der Waals surface area contributed by atoms with E-state index in [0.717, 1.165) is 16.8 Å². The average Bonchev–Trinajstić information content (AvgIpc) is 3.04. The van der Waals surface area contributed by atoms with Crippen molar-refractivity contribution in [1.82, 2.24) is 4.98 Å². The Hall–Kier alpha value is -1.88. The molecule has 2 aromatic carbocycles. The molecule has 3 rings (SSSR count). The highest BCUT2D eigenvalue weighted by Gasteiger charge is 2.08. The molecule has 3 aromatic rings. The summed E-state index contributed by atoms with van der Waals surface area (Å²) in [4.78, 5) is 4.51. The Bertz CT molecular complexity index is 886. The van der Waals surface area contributed by atoms with Crippen molar-refractivity contribution in [3.8, 4) is 11.3 Å². The number of hydrazone groups is 1. The van der Waals surface area contributed by atoms with E-state index in [9.17, 15) is 0 Å². The van der Waals surface area contributed by atoms with Gasteiger partial charge in [-0.2, -0.15) is 5.10 Å². The molecule has 0 aliphatic heterocycles. The number of hydrogen-bond acceptors (Lipinski definition) is 4. The number of hydrogen-bond donors (Lipinski definition) is 1. The lowest BCUT2D eigenvalue weighted by atomic mass is 10.0. The predicted octanol–water partition coefficient (Wildman–Crippen LogP) is 6.69. The van der Waals surface area contributed by atoms with Crippen molar-refractivity contribution in [2.24, 2.45) is 5.10 Å². The van der Waals surface area contributed by atoms with E-state index >= 15 is 0 Å². The van der Waals surface area contributed by atoms with Crippen LogP contribution in [-0.2, 0) is 0 Å². The first-order valence-corrected chi connectivity index (χ1v) is 9.46. The van der Waals surface area contributed by atoms with Gasteiger partial charge in [0.25, 0.3) is 0 Å². The number of aromatic nitrogens is 1. The molecule has 0 fully saturated rings. The zero-order chi connectivity index (χ0) is 17.8. The number of thiazole rings is 1. The molecule has 1 aromatic heterocycles. The van der Waals surface area contributed by atoms with E-state index in [1.807, 2.05) is 11.4 Å². The Labute approximate surface area is 161 Å². The number of halogens is 2. The standard InChI is InChI=1S/C19H17Cl2N3S/c1-12(2)14-5-3-13(4-6-14)10-22-24-19-23-18(11-25-19)16-8-7-15(20)9-17(16)21/h3-12H,1-2H3,(H,23,24)/b22-10+. The quantitative estimate of drug-likeness (QED) is 0.389. The first-order chi connectivity index (χ1) is 12.0. The summed E-state index contributed by atoms with van der Waals surface area (Å²) in [5.74, 6) is 0.526. The van der Waals surface area contributed by atoms with Gasteiger partial charge in [0, 0.05) is 16.0 Å². The van der Waals surface area contributed by atoms with Crippen LogP contribution in [0.2, 0.25) is 10.0 Å². The van der Waals surface area contributed by atoms with E-state index < -0.39 is 0 Å². The molecule has 0 bridgehead atoms. The van der Waals surface area contributed by atoms with Crippen molar-refractivity contribution in [2.75, 3.05) is 5.43 Å². The smallest absolute Gasteiger partial charge is 0.203 e. The maximum absolute atomic E-state index is 6.22. The van der Waals surface area contributed by atoms with Gasteiger partial charge in [-0.1, -0.05) is 61.3 Å². The van der Waals surface area contributed by atoms with Crippen molar-refractivity contribution in [3.63, 3.8) is 0 Å². The molecular weight excluding hydrogens is 373 g/mol. The van der Waals surface area contributed by atoms with Crippen molar-refractivity contribution < 1.29 is 0 Å². The van der Waals surface area contributed by atoms with Crippen LogP contribution in [0.25, 0.3) is 11.3 Å². The van der Waals surface area contributed by atoms with Crippen LogP contribution < -0.4 is 5.43 Å². The van der Waals surface area contributed by atoms with Gasteiger partial charge in [0.1, 0.15) is 0 Å². The Kier molecular flexibility index (Phi) is 5.74. The molecular formula is C19H17Cl2N3S. The summed E-state index contributed by atoms with van der Waals surface area (Å²) in [6.45, 7) is 4.36. The molecule has 3 nitrogen and oxygen atoms in total. The van der Waals surface area contributed by atoms with Gasteiger partial charge in [0.05, 0.1) is 16.9 Å². The van der Waals surface area contributed by atoms with E-state index in [2.05, 4.69) is 53.6 Å². The zero-order valence-electron chi connectivity index (χ0n) is 13.8. The second-order valence-corrected chi connectivity index (χ2v) is 7.56. The van der Waals surface area contributed by atoms with E-state index in [1.54, 1.807) is 18.3 Å². The van der Waals surface area contributed by atoms with Gasteiger partial charge in [-0.05, 0) is 35.2 Å². The summed E-state index contributed by atoms with van der Waals surface area (Å²) < 4.78 is 0. The summed E-state index contributed by atoms with van der Waals surface area (Å²) in [7, 11) is 0. The summed E-state index contributed by atoms with van der Waals surface area (Å²) in [5.41, 5.74) is 6.96. The summed E-state index contributed by atoms with van der Waals surface area (Å²) >= 11 is 13.6. The largest absolute Gasteiger partial charge is 0.253 e. The molecule has 0 amide bonds. The lowest BCUT2D eigenvalue weighted by Gasteiger charge is -2.04. The fraction of sp³-hybridized carbons (Fsp3) is 0.158. The second-order valence-electron chi connectivity index (χ2n) is 5.85. The lowest BCUT2D eigenvalue weighted by molar-refractivity contribution is 0.866. The number of anilines is 1. The van der Waals surface area contributed by atoms with Crippen LogP contribution in [0.3, 0.4) is 0 Å². The predicted molar refractivity (Wildman–Crippen MR) is 109 cm³/mol. The SMILES string of the molecule is CC(C)c1ccc(/C=N/Nc2nc(-c3ccc(Cl)cc3Cl)cs2)cc1. The Morgan fingerprint density at radius 3 is 2.56 bits per heavy atom. The second kappa shape index (κ2) is 8.00. The maximum atomic E-state index is 6.22. The van der Waals surface area contributed by atoms with Crippen LogP contribution in [0.1, 0.15) is 30.9 Å². The van der Waals surface area contributed by atoms with Crippen molar-refractivity contribution >= 4 is 45.9 Å². The Morgan fingerprint density at radius 2 is 1.88 bits per heavy atom. The molecule has 0 aliphatic carbocycles. The molecule has 128 valence electrons. The van der Waals surface area contributed by atoms with Crippen LogP contribution in [0, 0.1) is 0 Å². The molecule has 25 heavy (non-hydrogen) atoms. The summed E-state index contributed by atoms with van der Waals surface area (Å²) in [6, 6.07) is 13.7. The number of nitrogens with one attached hydrogen (secondary N) is 1. The molecule has 0 atom stereocenters. The highest BCUT2D eigenvalue weighted by Crippen LogP contribution is 2.32. The van der Waals surface area contributed by atoms with E-state index in [0.29, 0.717) is 21.1 Å². The van der Waals surface area contributed by atoms with Gasteiger partial charge < -0.3 is 0 Å². The molecule has 0 saturated carbocycles. The summed E-state index contributed by atoms with van der Waals surface area (Å²) in [6.07, 6.45) is 1.78. The fourth-order valence-corrected chi connectivity index (χ4v) is 3.44. The van der Waals surface area contributed by atoms with Crippen molar-refractivity contribution in [3.05, 3.63) is 69.0 Å². The molecule has 6 heteroatoms. The van der Waals surface area contributed by atoms with Crippen molar-refractivity contribution in [2.45, 2.75) is 19.8 Å². The maximum Gasteiger partial charge on any atom is 0.203 e. The van der Waals surface area contributed by atoms with Gasteiger partial charge in [0.15, 0.2) is 0 Å². The normalized spacial score (nSPS) is 11.4. The van der Waals surface area contributed by atoms with E-state index in [1.165, 1.54) is 16.9 Å². The van der Waals surface area contributed by atoms with Crippen LogP contribution >= 0.6 is 34.5 Å². The fourth-order valence-electron chi connectivity index (χ4n) is 2.28. The monoisotopic (exact) mass is 389 g/mol. The van der Waals surface area contributed by atoms with E-state index in [-0.39, 0.29) is 0 Å². The third-order valence-electron chi connectivity index (χ3n) is 3.69. The molecule has 0 spiro atoms. The van der Waals surface area contributed by atoms with Crippen LogP contribution in [0.4, 0.5) is 5.13 Å². The zero-order valence-corrected chi connectivity index (χ0v) is 16.2.